The van der Waals surface area contributed by atoms with Crippen molar-refractivity contribution < 1.29 is 22.7 Å². The van der Waals surface area contributed by atoms with Gasteiger partial charge in [-0.15, -0.1) is 0 Å². The van der Waals surface area contributed by atoms with Gasteiger partial charge in [-0.1, -0.05) is 0 Å². The van der Waals surface area contributed by atoms with E-state index in [-0.39, 0.29) is 29.6 Å². The maximum absolute atomic E-state index is 12.1. The number of rotatable bonds is 7. The third-order valence-electron chi connectivity index (χ3n) is 2.45. The fourth-order valence-electron chi connectivity index (χ4n) is 1.50. The minimum Gasteiger partial charge on any atom is -0.497 e. The minimum absolute atomic E-state index is 0.0172. The molecule has 0 aliphatic carbocycles. The summed E-state index contributed by atoms with van der Waals surface area (Å²) >= 11 is 0. The predicted octanol–water partition coefficient (Wildman–Crippen LogP) is 0.118. The molecule has 0 radical (unpaired) electrons. The first-order chi connectivity index (χ1) is 9.40. The van der Waals surface area contributed by atoms with Crippen LogP contribution >= 0.6 is 0 Å². The van der Waals surface area contributed by atoms with E-state index in [9.17, 15) is 13.2 Å². The van der Waals surface area contributed by atoms with Crippen LogP contribution in [0.3, 0.4) is 0 Å². The molecule has 1 aromatic rings. The molecule has 0 saturated carbocycles. The Balaban J connectivity index is 2.84. The molecule has 20 heavy (non-hydrogen) atoms. The van der Waals surface area contributed by atoms with E-state index in [2.05, 4.69) is 10.0 Å². The van der Waals surface area contributed by atoms with E-state index in [1.54, 1.807) is 0 Å². The van der Waals surface area contributed by atoms with Crippen molar-refractivity contribution in [1.29, 1.82) is 0 Å². The lowest BCUT2D eigenvalue weighted by Gasteiger charge is -2.12. The molecule has 1 rings (SSSR count). The average Bonchev–Trinajstić information content (AvgIpc) is 2.42. The van der Waals surface area contributed by atoms with Crippen LogP contribution in [0, 0.1) is 0 Å². The largest absolute Gasteiger partial charge is 0.497 e. The van der Waals surface area contributed by atoms with Gasteiger partial charge in [-0.2, -0.15) is 0 Å². The summed E-state index contributed by atoms with van der Waals surface area (Å²) in [6.07, 6.45) is 0. The maximum atomic E-state index is 12.1. The van der Waals surface area contributed by atoms with Gasteiger partial charge in [0.15, 0.2) is 0 Å². The number of benzene rings is 1. The van der Waals surface area contributed by atoms with E-state index in [1.165, 1.54) is 39.3 Å². The number of carbonyl (C=O) groups excluding carboxylic acids is 1. The van der Waals surface area contributed by atoms with Crippen LogP contribution in [0.25, 0.3) is 0 Å². The Kier molecular flexibility index (Phi) is 5.78. The second kappa shape index (κ2) is 7.11. The number of carbonyl (C=O) groups is 1. The summed E-state index contributed by atoms with van der Waals surface area (Å²) in [7, 11) is -0.847. The van der Waals surface area contributed by atoms with Gasteiger partial charge in [0.05, 0.1) is 14.2 Å². The first-order valence-electron chi connectivity index (χ1n) is 5.87. The van der Waals surface area contributed by atoms with E-state index in [0.717, 1.165) is 0 Å². The Hall–Kier alpha value is -1.80. The van der Waals surface area contributed by atoms with Crippen molar-refractivity contribution in [3.05, 3.63) is 18.2 Å². The molecule has 0 aliphatic heterocycles. The Bertz CT molecular complexity index is 571. The SMILES string of the molecule is COc1ccc(S(=O)(=O)NCCNC(C)=O)c(OC)c1. The molecule has 8 heteroatoms. The molecule has 0 fully saturated rings. The highest BCUT2D eigenvalue weighted by Crippen LogP contribution is 2.27. The van der Waals surface area contributed by atoms with E-state index in [1.807, 2.05) is 0 Å². The quantitative estimate of drug-likeness (QED) is 0.698. The van der Waals surface area contributed by atoms with Crippen LogP contribution < -0.4 is 19.5 Å². The molecular weight excluding hydrogens is 284 g/mol. The van der Waals surface area contributed by atoms with Gasteiger partial charge >= 0.3 is 0 Å². The van der Waals surface area contributed by atoms with E-state index in [4.69, 9.17) is 9.47 Å². The molecule has 0 unspecified atom stereocenters. The molecule has 0 aliphatic rings. The Morgan fingerprint density at radius 1 is 1.20 bits per heavy atom. The molecular formula is C12H18N2O5S. The van der Waals surface area contributed by atoms with Gasteiger partial charge in [0, 0.05) is 26.1 Å². The molecule has 0 bridgehead atoms. The highest BCUT2D eigenvalue weighted by molar-refractivity contribution is 7.89. The van der Waals surface area contributed by atoms with Crippen molar-refractivity contribution in [2.45, 2.75) is 11.8 Å². The van der Waals surface area contributed by atoms with Crippen molar-refractivity contribution in [3.8, 4) is 11.5 Å². The van der Waals surface area contributed by atoms with Gasteiger partial charge in [0.2, 0.25) is 15.9 Å². The molecule has 0 aromatic heterocycles. The number of methoxy groups -OCH3 is 2. The summed E-state index contributed by atoms with van der Waals surface area (Å²) in [5, 5.41) is 2.50. The summed E-state index contributed by atoms with van der Waals surface area (Å²) in [6, 6.07) is 4.42. The van der Waals surface area contributed by atoms with Crippen LogP contribution in [0.2, 0.25) is 0 Å². The van der Waals surface area contributed by atoms with Crippen LogP contribution in [0.5, 0.6) is 11.5 Å². The molecule has 7 nitrogen and oxygen atoms in total. The van der Waals surface area contributed by atoms with Crippen LogP contribution in [0.1, 0.15) is 6.92 Å². The summed E-state index contributed by atoms with van der Waals surface area (Å²) < 4.78 is 36.7. The zero-order valence-corrected chi connectivity index (χ0v) is 12.4. The Morgan fingerprint density at radius 3 is 2.45 bits per heavy atom. The second-order valence-electron chi connectivity index (χ2n) is 3.90. The zero-order chi connectivity index (χ0) is 15.2. The second-order valence-corrected chi connectivity index (χ2v) is 5.63. The number of ether oxygens (including phenoxy) is 2. The van der Waals surface area contributed by atoms with E-state index in [0.29, 0.717) is 5.75 Å². The van der Waals surface area contributed by atoms with Crippen LogP contribution in [0.15, 0.2) is 23.1 Å². The lowest BCUT2D eigenvalue weighted by molar-refractivity contribution is -0.118. The maximum Gasteiger partial charge on any atom is 0.244 e. The van der Waals surface area contributed by atoms with Crippen molar-refractivity contribution in [2.75, 3.05) is 27.3 Å². The van der Waals surface area contributed by atoms with Crippen LogP contribution in [0.4, 0.5) is 0 Å². The zero-order valence-electron chi connectivity index (χ0n) is 11.6. The van der Waals surface area contributed by atoms with Crippen molar-refractivity contribution in [2.24, 2.45) is 0 Å². The van der Waals surface area contributed by atoms with Gasteiger partial charge in [-0.3, -0.25) is 4.79 Å². The fourth-order valence-corrected chi connectivity index (χ4v) is 2.68. The van der Waals surface area contributed by atoms with E-state index < -0.39 is 10.0 Å². The highest BCUT2D eigenvalue weighted by atomic mass is 32.2. The van der Waals surface area contributed by atoms with Crippen molar-refractivity contribution >= 4 is 15.9 Å². The molecule has 1 aromatic carbocycles. The van der Waals surface area contributed by atoms with Gasteiger partial charge in [0.25, 0.3) is 0 Å². The summed E-state index contributed by atoms with van der Waals surface area (Å²) in [4.78, 5) is 10.7. The Labute approximate surface area is 118 Å². The number of amides is 1. The normalized spacial score (nSPS) is 10.9. The monoisotopic (exact) mass is 302 g/mol. The summed E-state index contributed by atoms with van der Waals surface area (Å²) in [6.45, 7) is 1.67. The Morgan fingerprint density at radius 2 is 1.90 bits per heavy atom. The highest BCUT2D eigenvalue weighted by Gasteiger charge is 2.19. The molecule has 1 amide bonds. The summed E-state index contributed by atoms with van der Waals surface area (Å²) in [5.74, 6) is 0.474. The minimum atomic E-state index is -3.71. The van der Waals surface area contributed by atoms with Crippen LogP contribution in [-0.4, -0.2) is 41.6 Å². The standard InChI is InChI=1S/C12H18N2O5S/c1-9(15)13-6-7-14-20(16,17)12-5-4-10(18-2)8-11(12)19-3/h4-5,8,14H,6-7H2,1-3H3,(H,13,15). The smallest absolute Gasteiger partial charge is 0.244 e. The third-order valence-corrected chi connectivity index (χ3v) is 3.95. The lowest BCUT2D eigenvalue weighted by atomic mass is 10.3. The van der Waals surface area contributed by atoms with Crippen molar-refractivity contribution in [1.82, 2.24) is 10.0 Å². The predicted molar refractivity (Wildman–Crippen MR) is 73.4 cm³/mol. The number of hydrogen-bond donors (Lipinski definition) is 2. The first kappa shape index (κ1) is 16.3. The number of sulfonamides is 1. The average molecular weight is 302 g/mol. The fraction of sp³-hybridized carbons (Fsp3) is 0.417. The first-order valence-corrected chi connectivity index (χ1v) is 7.35. The number of nitrogens with one attached hydrogen (secondary N) is 2. The van der Waals surface area contributed by atoms with Gasteiger partial charge in [0.1, 0.15) is 16.4 Å². The van der Waals surface area contributed by atoms with Crippen LogP contribution in [-0.2, 0) is 14.8 Å². The lowest BCUT2D eigenvalue weighted by Crippen LogP contribution is -2.33. The molecule has 0 heterocycles. The molecule has 2 N–H and O–H groups in total. The van der Waals surface area contributed by atoms with Gasteiger partial charge in [-0.05, 0) is 12.1 Å². The molecule has 112 valence electrons. The molecule has 0 saturated heterocycles. The topological polar surface area (TPSA) is 93.7 Å². The van der Waals surface area contributed by atoms with Gasteiger partial charge in [-0.25, -0.2) is 13.1 Å². The third kappa shape index (κ3) is 4.39. The van der Waals surface area contributed by atoms with Gasteiger partial charge < -0.3 is 14.8 Å². The van der Waals surface area contributed by atoms with E-state index >= 15 is 0 Å². The molecule has 0 atom stereocenters. The number of hydrogen-bond acceptors (Lipinski definition) is 5. The summed E-state index contributed by atoms with van der Waals surface area (Å²) in [5.41, 5.74) is 0. The molecule has 0 spiro atoms. The van der Waals surface area contributed by atoms with Crippen molar-refractivity contribution in [3.63, 3.8) is 0 Å².